The minimum Gasteiger partial charge on any atom is -0.327 e. The summed E-state index contributed by atoms with van der Waals surface area (Å²) >= 11 is 1.52. The lowest BCUT2D eigenvalue weighted by atomic mass is 10.0. The first-order chi connectivity index (χ1) is 8.24. The van der Waals surface area contributed by atoms with Crippen molar-refractivity contribution in [1.82, 2.24) is 4.98 Å². The molecule has 1 aromatic rings. The van der Waals surface area contributed by atoms with Crippen LogP contribution in [-0.4, -0.2) is 16.9 Å². The zero-order chi connectivity index (χ0) is 11.8. The molecule has 0 aromatic carbocycles. The first-order valence-corrected chi connectivity index (χ1v) is 7.14. The molecule has 5 heteroatoms. The normalized spacial score (nSPS) is 28.3. The summed E-state index contributed by atoms with van der Waals surface area (Å²) in [5.41, 5.74) is 7.06. The number of nitrogens with one attached hydrogen (secondary N) is 1. The molecule has 17 heavy (non-hydrogen) atoms. The second-order valence-corrected chi connectivity index (χ2v) is 5.90. The van der Waals surface area contributed by atoms with Gasteiger partial charge in [0.1, 0.15) is 0 Å². The molecule has 0 saturated heterocycles. The summed E-state index contributed by atoms with van der Waals surface area (Å²) < 4.78 is 0. The number of aromatic nitrogens is 1. The van der Waals surface area contributed by atoms with Gasteiger partial charge in [-0.25, -0.2) is 4.98 Å². The van der Waals surface area contributed by atoms with Gasteiger partial charge in [-0.05, 0) is 25.7 Å². The van der Waals surface area contributed by atoms with Gasteiger partial charge in [-0.2, -0.15) is 0 Å². The molecule has 0 radical (unpaired) electrons. The molecule has 1 amide bonds. The molecule has 2 atom stereocenters. The van der Waals surface area contributed by atoms with Gasteiger partial charge in [0.25, 0.3) is 0 Å². The second-order valence-electron chi connectivity index (χ2n) is 5.04. The van der Waals surface area contributed by atoms with Crippen molar-refractivity contribution in [2.45, 2.75) is 44.1 Å². The lowest BCUT2D eigenvalue weighted by Gasteiger charge is -2.13. The fourth-order valence-electron chi connectivity index (χ4n) is 2.42. The Morgan fingerprint density at radius 1 is 1.41 bits per heavy atom. The Hall–Kier alpha value is -0.940. The van der Waals surface area contributed by atoms with Gasteiger partial charge in [0.15, 0.2) is 5.13 Å². The summed E-state index contributed by atoms with van der Waals surface area (Å²) in [5, 5.41) is 5.70. The highest BCUT2D eigenvalue weighted by atomic mass is 32.1. The minimum absolute atomic E-state index is 0.0247. The van der Waals surface area contributed by atoms with E-state index in [0.717, 1.165) is 30.1 Å². The molecular weight excluding hydrogens is 234 g/mol. The Morgan fingerprint density at radius 3 is 2.88 bits per heavy atom. The molecule has 1 aromatic heterocycles. The molecule has 2 fully saturated rings. The van der Waals surface area contributed by atoms with E-state index < -0.39 is 0 Å². The van der Waals surface area contributed by atoms with E-state index >= 15 is 0 Å². The molecule has 2 saturated carbocycles. The number of nitrogens with zero attached hydrogens (tertiary/aromatic N) is 1. The van der Waals surface area contributed by atoms with Crippen molar-refractivity contribution in [2.75, 3.05) is 5.32 Å². The molecule has 1 heterocycles. The fourth-order valence-corrected chi connectivity index (χ4v) is 3.22. The van der Waals surface area contributed by atoms with Crippen LogP contribution < -0.4 is 11.1 Å². The van der Waals surface area contributed by atoms with Crippen LogP contribution in [-0.2, 0) is 4.79 Å². The van der Waals surface area contributed by atoms with Crippen molar-refractivity contribution >= 4 is 22.4 Å². The molecule has 2 aliphatic carbocycles. The average Bonchev–Trinajstić information content (AvgIpc) is 2.90. The van der Waals surface area contributed by atoms with Crippen LogP contribution in [0.1, 0.15) is 43.7 Å². The Balaban J connectivity index is 1.63. The van der Waals surface area contributed by atoms with Gasteiger partial charge in [-0.3, -0.25) is 4.79 Å². The van der Waals surface area contributed by atoms with Crippen LogP contribution in [0.3, 0.4) is 0 Å². The van der Waals surface area contributed by atoms with Crippen molar-refractivity contribution in [1.29, 1.82) is 0 Å². The molecule has 2 unspecified atom stereocenters. The highest BCUT2D eigenvalue weighted by Gasteiger charge is 2.31. The Morgan fingerprint density at radius 2 is 2.24 bits per heavy atom. The number of nitrogens with two attached hydrogens (primary N) is 1. The summed E-state index contributed by atoms with van der Waals surface area (Å²) in [7, 11) is 0. The summed E-state index contributed by atoms with van der Waals surface area (Å²) in [5.74, 6) is 0.667. The first kappa shape index (κ1) is 11.2. The van der Waals surface area contributed by atoms with Gasteiger partial charge in [0, 0.05) is 17.3 Å². The molecule has 92 valence electrons. The van der Waals surface area contributed by atoms with E-state index in [1.54, 1.807) is 0 Å². The van der Waals surface area contributed by atoms with E-state index in [1.165, 1.54) is 24.2 Å². The van der Waals surface area contributed by atoms with E-state index in [0.29, 0.717) is 5.92 Å². The zero-order valence-corrected chi connectivity index (χ0v) is 10.5. The third kappa shape index (κ3) is 2.35. The molecule has 4 nitrogen and oxygen atoms in total. The van der Waals surface area contributed by atoms with Crippen molar-refractivity contribution in [2.24, 2.45) is 11.7 Å². The lowest BCUT2D eigenvalue weighted by molar-refractivity contribution is -0.120. The van der Waals surface area contributed by atoms with E-state index in [4.69, 9.17) is 5.73 Å². The molecule has 3 rings (SSSR count). The van der Waals surface area contributed by atoms with E-state index in [-0.39, 0.29) is 17.9 Å². The Kier molecular flexibility index (Phi) is 2.88. The number of carbonyl (C=O) groups excluding carboxylic acids is 1. The van der Waals surface area contributed by atoms with Crippen LogP contribution in [0.4, 0.5) is 5.13 Å². The maximum Gasteiger partial charge on any atom is 0.230 e. The van der Waals surface area contributed by atoms with Crippen LogP contribution >= 0.6 is 11.3 Å². The van der Waals surface area contributed by atoms with Crippen LogP contribution in [0.15, 0.2) is 5.38 Å². The molecule has 2 aliphatic rings. The van der Waals surface area contributed by atoms with Crippen molar-refractivity contribution < 1.29 is 4.79 Å². The van der Waals surface area contributed by atoms with Crippen LogP contribution in [0.5, 0.6) is 0 Å². The molecule has 0 aliphatic heterocycles. The summed E-state index contributed by atoms with van der Waals surface area (Å²) in [6, 6.07) is 0.0258. The minimum atomic E-state index is -0.0247. The number of hydrogen-bond acceptors (Lipinski definition) is 4. The first-order valence-electron chi connectivity index (χ1n) is 6.26. The fraction of sp³-hybridized carbons (Fsp3) is 0.667. The number of amides is 1. The van der Waals surface area contributed by atoms with Gasteiger partial charge < -0.3 is 11.1 Å². The molecule has 0 spiro atoms. The van der Waals surface area contributed by atoms with E-state index in [1.807, 2.05) is 0 Å². The summed E-state index contributed by atoms with van der Waals surface area (Å²) in [6.45, 7) is 0. The van der Waals surface area contributed by atoms with Crippen molar-refractivity contribution in [3.05, 3.63) is 11.1 Å². The number of anilines is 1. The predicted molar refractivity (Wildman–Crippen MR) is 68.0 cm³/mol. The Labute approximate surface area is 105 Å². The van der Waals surface area contributed by atoms with E-state index in [2.05, 4.69) is 15.7 Å². The molecular formula is C12H17N3OS. The SMILES string of the molecule is NC1CCCC1C(=O)Nc1nc(C2CC2)cs1. The predicted octanol–water partition coefficient (Wildman–Crippen LogP) is 2.09. The van der Waals surface area contributed by atoms with Gasteiger partial charge in [0.05, 0.1) is 11.6 Å². The van der Waals surface area contributed by atoms with Crippen LogP contribution in [0, 0.1) is 5.92 Å². The number of rotatable bonds is 3. The summed E-state index contributed by atoms with van der Waals surface area (Å²) in [6.07, 6.45) is 5.41. The van der Waals surface area contributed by atoms with Gasteiger partial charge in [0.2, 0.25) is 5.91 Å². The lowest BCUT2D eigenvalue weighted by Crippen LogP contribution is -2.34. The quantitative estimate of drug-likeness (QED) is 0.864. The molecule has 0 bridgehead atoms. The highest BCUT2D eigenvalue weighted by molar-refractivity contribution is 7.13. The van der Waals surface area contributed by atoms with Crippen LogP contribution in [0.2, 0.25) is 0 Å². The largest absolute Gasteiger partial charge is 0.327 e. The van der Waals surface area contributed by atoms with Crippen molar-refractivity contribution in [3.8, 4) is 0 Å². The number of carbonyl (C=O) groups is 1. The third-order valence-electron chi connectivity index (χ3n) is 3.65. The summed E-state index contributed by atoms with van der Waals surface area (Å²) in [4.78, 5) is 16.4. The molecule has 3 N–H and O–H groups in total. The number of thiazole rings is 1. The van der Waals surface area contributed by atoms with Crippen molar-refractivity contribution in [3.63, 3.8) is 0 Å². The second kappa shape index (κ2) is 4.38. The van der Waals surface area contributed by atoms with E-state index in [9.17, 15) is 4.79 Å². The smallest absolute Gasteiger partial charge is 0.230 e. The Bertz CT molecular complexity index is 427. The zero-order valence-electron chi connectivity index (χ0n) is 9.69. The van der Waals surface area contributed by atoms with Crippen LogP contribution in [0.25, 0.3) is 0 Å². The third-order valence-corrected chi connectivity index (χ3v) is 4.43. The highest BCUT2D eigenvalue weighted by Crippen LogP contribution is 2.41. The van der Waals surface area contributed by atoms with Gasteiger partial charge in [-0.1, -0.05) is 6.42 Å². The maximum atomic E-state index is 12.0. The van der Waals surface area contributed by atoms with Gasteiger partial charge >= 0.3 is 0 Å². The average molecular weight is 251 g/mol. The maximum absolute atomic E-state index is 12.0. The monoisotopic (exact) mass is 251 g/mol. The number of hydrogen-bond donors (Lipinski definition) is 2. The topological polar surface area (TPSA) is 68.0 Å². The standard InChI is InChI=1S/C12H17N3OS/c13-9-3-1-2-8(9)11(16)15-12-14-10(6-17-12)7-4-5-7/h6-9H,1-5,13H2,(H,14,15,16). The van der Waals surface area contributed by atoms with Gasteiger partial charge in [-0.15, -0.1) is 11.3 Å².